The monoisotopic (exact) mass is 302 g/mol. The lowest BCUT2D eigenvalue weighted by Gasteiger charge is -2.19. The second-order valence-corrected chi connectivity index (χ2v) is 7.88. The lowest BCUT2D eigenvalue weighted by atomic mass is 9.90. The summed E-state index contributed by atoms with van der Waals surface area (Å²) in [5, 5.41) is 0. The van der Waals surface area contributed by atoms with Crippen LogP contribution in [-0.2, 0) is 14.3 Å². The van der Waals surface area contributed by atoms with E-state index in [1.165, 1.54) is 0 Å². The molecule has 1 aromatic carbocycles. The SMILES string of the molecule is Cc1ccc(S(=O)(=O)O[C@H]2C[C@@H]3C=C[C@@H]4C=C[C@@H]2[C@@H]43)cc1. The van der Waals surface area contributed by atoms with Gasteiger partial charge in [0.2, 0.25) is 0 Å². The summed E-state index contributed by atoms with van der Waals surface area (Å²) in [6, 6.07) is 6.84. The highest BCUT2D eigenvalue weighted by molar-refractivity contribution is 7.86. The number of benzene rings is 1. The molecule has 5 atom stereocenters. The van der Waals surface area contributed by atoms with E-state index >= 15 is 0 Å². The molecular weight excluding hydrogens is 284 g/mol. The fraction of sp³-hybridized carbons (Fsp3) is 0.412. The Morgan fingerprint density at radius 1 is 1.05 bits per heavy atom. The molecule has 0 spiro atoms. The van der Waals surface area contributed by atoms with E-state index in [0.717, 1.165) is 12.0 Å². The Labute approximate surface area is 125 Å². The zero-order valence-electron chi connectivity index (χ0n) is 11.8. The van der Waals surface area contributed by atoms with Gasteiger partial charge < -0.3 is 0 Å². The van der Waals surface area contributed by atoms with Gasteiger partial charge in [-0.3, -0.25) is 4.18 Å². The molecule has 3 aliphatic carbocycles. The van der Waals surface area contributed by atoms with Crippen molar-refractivity contribution in [3.63, 3.8) is 0 Å². The topological polar surface area (TPSA) is 43.4 Å². The third-order valence-electron chi connectivity index (χ3n) is 5.01. The third kappa shape index (κ3) is 2.09. The number of aryl methyl sites for hydroxylation is 1. The van der Waals surface area contributed by atoms with Gasteiger partial charge in [-0.1, -0.05) is 42.0 Å². The van der Waals surface area contributed by atoms with Crippen LogP contribution in [0.25, 0.3) is 0 Å². The summed E-state index contributed by atoms with van der Waals surface area (Å²) in [5.41, 5.74) is 1.04. The molecule has 21 heavy (non-hydrogen) atoms. The predicted molar refractivity (Wildman–Crippen MR) is 80.1 cm³/mol. The Kier molecular flexibility index (Phi) is 2.88. The fourth-order valence-electron chi connectivity index (χ4n) is 3.99. The molecular formula is C17H18O3S. The number of hydrogen-bond acceptors (Lipinski definition) is 3. The molecule has 4 heteroatoms. The smallest absolute Gasteiger partial charge is 0.262 e. The van der Waals surface area contributed by atoms with Gasteiger partial charge in [0.15, 0.2) is 0 Å². The van der Waals surface area contributed by atoms with Crippen molar-refractivity contribution >= 4 is 10.1 Å². The molecule has 0 heterocycles. The van der Waals surface area contributed by atoms with Gasteiger partial charge >= 0.3 is 0 Å². The van der Waals surface area contributed by atoms with E-state index in [9.17, 15) is 8.42 Å². The average molecular weight is 302 g/mol. The molecule has 3 nitrogen and oxygen atoms in total. The minimum Gasteiger partial charge on any atom is -0.262 e. The molecule has 4 rings (SSSR count). The lowest BCUT2D eigenvalue weighted by molar-refractivity contribution is 0.176. The van der Waals surface area contributed by atoms with Crippen molar-refractivity contribution in [2.45, 2.75) is 24.3 Å². The molecule has 0 amide bonds. The summed E-state index contributed by atoms with van der Waals surface area (Å²) >= 11 is 0. The van der Waals surface area contributed by atoms with Crippen LogP contribution in [0.4, 0.5) is 0 Å². The Hall–Kier alpha value is -1.39. The summed E-state index contributed by atoms with van der Waals surface area (Å²) < 4.78 is 30.4. The maximum Gasteiger partial charge on any atom is 0.297 e. The van der Waals surface area contributed by atoms with Crippen LogP contribution in [0, 0.1) is 30.6 Å². The number of hydrogen-bond donors (Lipinski definition) is 0. The highest BCUT2D eigenvalue weighted by Gasteiger charge is 2.50. The molecule has 1 saturated carbocycles. The van der Waals surface area contributed by atoms with Crippen LogP contribution in [0.3, 0.4) is 0 Å². The number of allylic oxidation sites excluding steroid dienone is 3. The second kappa shape index (κ2) is 4.55. The second-order valence-electron chi connectivity index (χ2n) is 6.30. The molecule has 110 valence electrons. The maximum absolute atomic E-state index is 12.4. The molecule has 0 saturated heterocycles. The van der Waals surface area contributed by atoms with E-state index < -0.39 is 10.1 Å². The van der Waals surface area contributed by atoms with Gasteiger partial charge in [0.1, 0.15) is 0 Å². The van der Waals surface area contributed by atoms with Crippen molar-refractivity contribution in [2.75, 3.05) is 0 Å². The molecule has 3 aliphatic rings. The van der Waals surface area contributed by atoms with Gasteiger partial charge in [-0.2, -0.15) is 8.42 Å². The lowest BCUT2D eigenvalue weighted by Crippen LogP contribution is -2.23. The van der Waals surface area contributed by atoms with Crippen LogP contribution in [0.1, 0.15) is 12.0 Å². The van der Waals surface area contributed by atoms with Crippen molar-refractivity contribution in [1.29, 1.82) is 0 Å². The summed E-state index contributed by atoms with van der Waals surface area (Å²) in [4.78, 5) is 0.249. The van der Waals surface area contributed by atoms with Crippen LogP contribution < -0.4 is 0 Å². The molecule has 0 aromatic heterocycles. The molecule has 0 unspecified atom stereocenters. The first-order chi connectivity index (χ1) is 10.0. The third-order valence-corrected chi connectivity index (χ3v) is 6.36. The highest BCUT2D eigenvalue weighted by Crippen LogP contribution is 2.53. The Morgan fingerprint density at radius 3 is 2.52 bits per heavy atom. The normalized spacial score (nSPS) is 36.3. The van der Waals surface area contributed by atoms with Crippen molar-refractivity contribution < 1.29 is 12.6 Å². The zero-order chi connectivity index (χ0) is 14.6. The van der Waals surface area contributed by atoms with E-state index in [2.05, 4.69) is 24.3 Å². The van der Waals surface area contributed by atoms with E-state index in [-0.39, 0.29) is 16.9 Å². The van der Waals surface area contributed by atoms with Gasteiger partial charge in [0.05, 0.1) is 11.0 Å². The minimum absolute atomic E-state index is 0.225. The van der Waals surface area contributed by atoms with Crippen LogP contribution in [0.2, 0.25) is 0 Å². The first-order valence-electron chi connectivity index (χ1n) is 7.41. The number of rotatable bonds is 3. The fourth-order valence-corrected chi connectivity index (χ4v) is 5.10. The molecule has 0 N–H and O–H groups in total. The predicted octanol–water partition coefficient (Wildman–Crippen LogP) is 3.08. The first-order valence-corrected chi connectivity index (χ1v) is 8.82. The van der Waals surface area contributed by atoms with E-state index in [1.54, 1.807) is 24.3 Å². The van der Waals surface area contributed by atoms with Crippen molar-refractivity contribution in [3.8, 4) is 0 Å². The zero-order valence-corrected chi connectivity index (χ0v) is 12.7. The molecule has 0 radical (unpaired) electrons. The summed E-state index contributed by atoms with van der Waals surface area (Å²) in [7, 11) is -3.67. The van der Waals surface area contributed by atoms with Crippen LogP contribution in [0.5, 0.6) is 0 Å². The molecule has 1 fully saturated rings. The van der Waals surface area contributed by atoms with Gasteiger partial charge in [-0.15, -0.1) is 0 Å². The quantitative estimate of drug-likeness (QED) is 0.636. The van der Waals surface area contributed by atoms with E-state index in [0.29, 0.717) is 17.8 Å². The van der Waals surface area contributed by atoms with Gasteiger partial charge in [-0.05, 0) is 43.2 Å². The van der Waals surface area contributed by atoms with Crippen LogP contribution in [0.15, 0.2) is 53.5 Å². The van der Waals surface area contributed by atoms with Crippen molar-refractivity contribution in [1.82, 2.24) is 0 Å². The molecule has 0 aliphatic heterocycles. The summed E-state index contributed by atoms with van der Waals surface area (Å²) in [6.45, 7) is 1.94. The van der Waals surface area contributed by atoms with Crippen molar-refractivity contribution in [3.05, 3.63) is 54.1 Å². The van der Waals surface area contributed by atoms with Crippen molar-refractivity contribution in [2.24, 2.45) is 23.7 Å². The van der Waals surface area contributed by atoms with Gasteiger partial charge in [-0.25, -0.2) is 0 Å². The summed E-state index contributed by atoms with van der Waals surface area (Å²) in [5.74, 6) is 1.70. The highest BCUT2D eigenvalue weighted by atomic mass is 32.2. The van der Waals surface area contributed by atoms with Gasteiger partial charge in [0.25, 0.3) is 10.1 Å². The average Bonchev–Trinajstić information content (AvgIpc) is 3.08. The van der Waals surface area contributed by atoms with Crippen LogP contribution in [-0.4, -0.2) is 14.5 Å². The standard InChI is InChI=1S/C17H18O3S/c1-11-2-7-14(8-3-11)21(18,19)20-16-10-13-5-4-12-6-9-15(16)17(12)13/h2-9,12-13,15-17H,10H2,1H3/t12-,13+,15+,16+,17+/m1/s1. The first kappa shape index (κ1) is 13.3. The Balaban J connectivity index is 1.58. The maximum atomic E-state index is 12.4. The molecule has 0 bridgehead atoms. The largest absolute Gasteiger partial charge is 0.297 e. The Bertz CT molecular complexity index is 715. The van der Waals surface area contributed by atoms with E-state index in [4.69, 9.17) is 4.18 Å². The molecule has 1 aromatic rings. The van der Waals surface area contributed by atoms with Gasteiger partial charge in [0, 0.05) is 5.92 Å². The Morgan fingerprint density at radius 2 is 1.76 bits per heavy atom. The van der Waals surface area contributed by atoms with Crippen LogP contribution >= 0.6 is 0 Å². The minimum atomic E-state index is -3.67. The summed E-state index contributed by atoms with van der Waals surface area (Å²) in [6.07, 6.45) is 9.40. The van der Waals surface area contributed by atoms with E-state index in [1.807, 2.05) is 6.92 Å².